The summed E-state index contributed by atoms with van der Waals surface area (Å²) in [5.74, 6) is 0.329. The van der Waals surface area contributed by atoms with Crippen molar-refractivity contribution in [2.45, 2.75) is 59.4 Å². The quantitative estimate of drug-likeness (QED) is 0.669. The van der Waals surface area contributed by atoms with Crippen molar-refractivity contribution in [1.29, 1.82) is 0 Å². The van der Waals surface area contributed by atoms with E-state index in [1.165, 1.54) is 31.2 Å². The van der Waals surface area contributed by atoms with E-state index in [4.69, 9.17) is 0 Å². The van der Waals surface area contributed by atoms with Crippen molar-refractivity contribution in [2.24, 2.45) is 5.41 Å². The van der Waals surface area contributed by atoms with E-state index >= 15 is 0 Å². The Bertz CT molecular complexity index is 356. The van der Waals surface area contributed by atoms with E-state index in [9.17, 15) is 5.11 Å². The number of unbranched alkanes of at least 4 members (excludes halogenated alkanes) is 2. The van der Waals surface area contributed by atoms with E-state index in [0.29, 0.717) is 17.2 Å². The molecule has 108 valence electrons. The average molecular weight is 263 g/mol. The second kappa shape index (κ2) is 7.54. The van der Waals surface area contributed by atoms with Gasteiger partial charge in [0.05, 0.1) is 0 Å². The Morgan fingerprint density at radius 3 is 2.37 bits per heavy atom. The summed E-state index contributed by atoms with van der Waals surface area (Å²) in [5.41, 5.74) is 1.57. The van der Waals surface area contributed by atoms with Gasteiger partial charge in [0.25, 0.3) is 0 Å². The highest BCUT2D eigenvalue weighted by atomic mass is 16.3. The molecule has 2 N–H and O–H groups in total. The molecule has 0 saturated carbocycles. The molecule has 0 bridgehead atoms. The Hall–Kier alpha value is -1.02. The van der Waals surface area contributed by atoms with E-state index in [0.717, 1.165) is 6.54 Å². The number of phenols is 1. The first-order valence-electron chi connectivity index (χ1n) is 7.47. The maximum absolute atomic E-state index is 9.30. The average Bonchev–Trinajstić information content (AvgIpc) is 2.37. The molecule has 0 aliphatic rings. The maximum Gasteiger partial charge on any atom is 0.115 e. The number of hydrogen-bond acceptors (Lipinski definition) is 2. The first kappa shape index (κ1) is 16.0. The lowest BCUT2D eigenvalue weighted by atomic mass is 9.86. The van der Waals surface area contributed by atoms with Crippen molar-refractivity contribution >= 4 is 0 Å². The summed E-state index contributed by atoms with van der Waals surface area (Å²) in [7, 11) is 0. The van der Waals surface area contributed by atoms with Crippen molar-refractivity contribution < 1.29 is 5.11 Å². The summed E-state index contributed by atoms with van der Waals surface area (Å²) in [4.78, 5) is 0. The van der Waals surface area contributed by atoms with Crippen LogP contribution in [0.1, 0.15) is 65.0 Å². The fourth-order valence-electron chi connectivity index (χ4n) is 2.25. The summed E-state index contributed by atoms with van der Waals surface area (Å²) < 4.78 is 0. The van der Waals surface area contributed by atoms with Gasteiger partial charge in [-0.3, -0.25) is 0 Å². The van der Waals surface area contributed by atoms with Crippen molar-refractivity contribution in [3.63, 3.8) is 0 Å². The maximum atomic E-state index is 9.30. The van der Waals surface area contributed by atoms with E-state index in [1.807, 2.05) is 12.1 Å². The smallest absolute Gasteiger partial charge is 0.115 e. The van der Waals surface area contributed by atoms with Gasteiger partial charge in [0.15, 0.2) is 0 Å². The molecule has 19 heavy (non-hydrogen) atoms. The molecular weight excluding hydrogens is 234 g/mol. The third-order valence-corrected chi connectivity index (χ3v) is 3.74. The van der Waals surface area contributed by atoms with E-state index in [2.05, 4.69) is 33.0 Å². The molecule has 0 aliphatic heterocycles. The monoisotopic (exact) mass is 263 g/mol. The highest BCUT2D eigenvalue weighted by molar-refractivity contribution is 5.27. The first-order valence-corrected chi connectivity index (χ1v) is 7.47. The molecule has 0 heterocycles. The van der Waals surface area contributed by atoms with Gasteiger partial charge in [-0.05, 0) is 36.5 Å². The third-order valence-electron chi connectivity index (χ3n) is 3.74. The zero-order valence-corrected chi connectivity index (χ0v) is 12.9. The summed E-state index contributed by atoms with van der Waals surface area (Å²) in [5, 5.41) is 12.9. The molecular formula is C17H29NO. The van der Waals surface area contributed by atoms with Crippen LogP contribution >= 0.6 is 0 Å². The van der Waals surface area contributed by atoms with Crippen LogP contribution in [0.5, 0.6) is 5.75 Å². The molecule has 1 unspecified atom stereocenters. The van der Waals surface area contributed by atoms with Crippen LogP contribution in [0.25, 0.3) is 0 Å². The molecule has 0 saturated heterocycles. The van der Waals surface area contributed by atoms with Crippen molar-refractivity contribution in [1.82, 2.24) is 5.32 Å². The van der Waals surface area contributed by atoms with Crippen molar-refractivity contribution in [3.05, 3.63) is 29.8 Å². The third kappa shape index (κ3) is 6.11. The summed E-state index contributed by atoms with van der Waals surface area (Å²) in [6.45, 7) is 10.1. The minimum absolute atomic E-state index is 0.325. The van der Waals surface area contributed by atoms with Gasteiger partial charge in [-0.25, -0.2) is 0 Å². The van der Waals surface area contributed by atoms with Crippen LogP contribution < -0.4 is 5.32 Å². The Morgan fingerprint density at radius 2 is 1.79 bits per heavy atom. The number of benzene rings is 1. The van der Waals surface area contributed by atoms with Crippen LogP contribution in [0, 0.1) is 5.41 Å². The van der Waals surface area contributed by atoms with Gasteiger partial charge >= 0.3 is 0 Å². The Kier molecular flexibility index (Phi) is 6.36. The van der Waals surface area contributed by atoms with Crippen LogP contribution in [0.15, 0.2) is 24.3 Å². The predicted octanol–water partition coefficient (Wildman–Crippen LogP) is 4.65. The van der Waals surface area contributed by atoms with Crippen molar-refractivity contribution in [3.8, 4) is 5.75 Å². The molecule has 0 radical (unpaired) electrons. The Labute approximate surface area is 118 Å². The molecule has 2 heteroatoms. The molecule has 1 atom stereocenters. The van der Waals surface area contributed by atoms with Gasteiger partial charge in [-0.1, -0.05) is 52.2 Å². The number of hydrogen-bond donors (Lipinski definition) is 2. The molecule has 0 fully saturated rings. The number of nitrogens with one attached hydrogen (secondary N) is 1. The lowest BCUT2D eigenvalue weighted by Gasteiger charge is -2.27. The van der Waals surface area contributed by atoms with Gasteiger partial charge in [-0.2, -0.15) is 0 Å². The topological polar surface area (TPSA) is 32.3 Å². The summed E-state index contributed by atoms with van der Waals surface area (Å²) >= 11 is 0. The second-order valence-electron chi connectivity index (χ2n) is 6.32. The molecule has 0 aliphatic carbocycles. The molecule has 2 nitrogen and oxygen atoms in total. The largest absolute Gasteiger partial charge is 0.508 e. The molecule has 1 rings (SSSR count). The van der Waals surface area contributed by atoms with Crippen LogP contribution in [-0.2, 0) is 0 Å². The SMILES string of the molecule is CCCCCC(C)(C)CNC(C)c1ccc(O)cc1. The first-order chi connectivity index (χ1) is 8.94. The van der Waals surface area contributed by atoms with Crippen LogP contribution in [0.3, 0.4) is 0 Å². The number of rotatable bonds is 8. The molecule has 0 amide bonds. The summed E-state index contributed by atoms with van der Waals surface area (Å²) in [6.07, 6.45) is 5.21. The van der Waals surface area contributed by atoms with E-state index in [1.54, 1.807) is 12.1 Å². The van der Waals surface area contributed by atoms with Gasteiger partial charge in [0, 0.05) is 12.6 Å². The lowest BCUT2D eigenvalue weighted by Crippen LogP contribution is -2.31. The van der Waals surface area contributed by atoms with Gasteiger partial charge in [-0.15, -0.1) is 0 Å². The van der Waals surface area contributed by atoms with Crippen LogP contribution in [-0.4, -0.2) is 11.7 Å². The van der Waals surface area contributed by atoms with E-state index < -0.39 is 0 Å². The molecule has 0 spiro atoms. The normalized spacial score (nSPS) is 13.5. The zero-order valence-electron chi connectivity index (χ0n) is 12.9. The number of phenolic OH excluding ortho intramolecular Hbond substituents is 1. The van der Waals surface area contributed by atoms with Gasteiger partial charge < -0.3 is 10.4 Å². The van der Waals surface area contributed by atoms with Gasteiger partial charge in [0.2, 0.25) is 0 Å². The van der Waals surface area contributed by atoms with Crippen molar-refractivity contribution in [2.75, 3.05) is 6.54 Å². The minimum atomic E-state index is 0.325. The summed E-state index contributed by atoms with van der Waals surface area (Å²) in [6, 6.07) is 7.79. The van der Waals surface area contributed by atoms with Crippen LogP contribution in [0.2, 0.25) is 0 Å². The fraction of sp³-hybridized carbons (Fsp3) is 0.647. The minimum Gasteiger partial charge on any atom is -0.508 e. The van der Waals surface area contributed by atoms with Gasteiger partial charge in [0.1, 0.15) is 5.75 Å². The zero-order chi connectivity index (χ0) is 14.3. The lowest BCUT2D eigenvalue weighted by molar-refractivity contribution is 0.291. The molecule has 1 aromatic rings. The predicted molar refractivity (Wildman–Crippen MR) is 82.4 cm³/mol. The number of aromatic hydroxyl groups is 1. The molecule has 0 aromatic heterocycles. The standard InChI is InChI=1S/C17H29NO/c1-5-6-7-12-17(3,4)13-18-14(2)15-8-10-16(19)11-9-15/h8-11,14,18-19H,5-7,12-13H2,1-4H3. The molecule has 1 aromatic carbocycles. The Morgan fingerprint density at radius 1 is 1.16 bits per heavy atom. The highest BCUT2D eigenvalue weighted by Crippen LogP contribution is 2.24. The fourth-order valence-corrected chi connectivity index (χ4v) is 2.25. The highest BCUT2D eigenvalue weighted by Gasteiger charge is 2.18. The van der Waals surface area contributed by atoms with Crippen LogP contribution in [0.4, 0.5) is 0 Å². The second-order valence-corrected chi connectivity index (χ2v) is 6.32. The van der Waals surface area contributed by atoms with E-state index in [-0.39, 0.29) is 0 Å². The Balaban J connectivity index is 2.40.